The normalized spacial score (nSPS) is 34.6. The van der Waals surface area contributed by atoms with Crippen molar-refractivity contribution in [3.8, 4) is 0 Å². The van der Waals surface area contributed by atoms with E-state index in [1.54, 1.807) is 6.20 Å². The molecule has 2 heterocycles. The van der Waals surface area contributed by atoms with Crippen LogP contribution in [-0.2, 0) is 4.74 Å². The van der Waals surface area contributed by atoms with Crippen LogP contribution in [0.25, 0.3) is 0 Å². The van der Waals surface area contributed by atoms with Gasteiger partial charge >= 0.3 is 5.97 Å². The van der Waals surface area contributed by atoms with Crippen LogP contribution in [-0.4, -0.2) is 43.2 Å². The van der Waals surface area contributed by atoms with Crippen LogP contribution in [0.3, 0.4) is 0 Å². The van der Waals surface area contributed by atoms with Crippen molar-refractivity contribution in [2.45, 2.75) is 57.0 Å². The fourth-order valence-corrected chi connectivity index (χ4v) is 7.00. The first-order valence-corrected chi connectivity index (χ1v) is 11.6. The molecule has 6 heteroatoms. The Hall–Kier alpha value is -1.14. The zero-order chi connectivity index (χ0) is 19.3. The Labute approximate surface area is 175 Å². The molecule has 1 N–H and O–H groups in total. The number of carbonyl (C=O) groups is 1. The molecule has 0 radical (unpaired) electrons. The summed E-state index contributed by atoms with van der Waals surface area (Å²) >= 11 is 3.41. The van der Waals surface area contributed by atoms with Crippen LogP contribution in [0.1, 0.15) is 55.3 Å². The molecule has 0 atom stereocenters. The number of pyridine rings is 1. The van der Waals surface area contributed by atoms with Gasteiger partial charge in [-0.1, -0.05) is 0 Å². The predicted octanol–water partition coefficient (Wildman–Crippen LogP) is 4.01. The summed E-state index contributed by atoms with van der Waals surface area (Å²) in [5.41, 5.74) is 0.546. The highest BCUT2D eigenvalue weighted by Gasteiger charge is 2.48. The average Bonchev–Trinajstić information content (AvgIpc) is 2.70. The molecule has 4 bridgehead atoms. The third-order valence-electron chi connectivity index (χ3n) is 7.69. The second-order valence-corrected chi connectivity index (χ2v) is 10.3. The fraction of sp³-hybridized carbons (Fsp3) is 0.727. The second kappa shape index (κ2) is 7.60. The maximum absolute atomic E-state index is 12.2. The number of halogens is 1. The van der Waals surface area contributed by atoms with E-state index in [4.69, 9.17) is 4.74 Å². The molecule has 4 saturated carbocycles. The van der Waals surface area contributed by atoms with Gasteiger partial charge < -0.3 is 15.0 Å². The van der Waals surface area contributed by atoms with E-state index in [1.807, 2.05) is 6.07 Å². The minimum absolute atomic E-state index is 0.322. The molecule has 1 saturated heterocycles. The van der Waals surface area contributed by atoms with Gasteiger partial charge in [-0.25, -0.2) is 9.78 Å². The number of hydrogen-bond donors (Lipinski definition) is 1. The first-order valence-electron chi connectivity index (χ1n) is 10.9. The lowest BCUT2D eigenvalue weighted by Gasteiger charge is -2.55. The van der Waals surface area contributed by atoms with Gasteiger partial charge in [-0.3, -0.25) is 0 Å². The van der Waals surface area contributed by atoms with Crippen LogP contribution in [0.15, 0.2) is 16.7 Å². The van der Waals surface area contributed by atoms with E-state index in [9.17, 15) is 4.79 Å². The van der Waals surface area contributed by atoms with Crippen molar-refractivity contribution >= 4 is 27.7 Å². The van der Waals surface area contributed by atoms with Gasteiger partial charge in [0.2, 0.25) is 0 Å². The van der Waals surface area contributed by atoms with Gasteiger partial charge in [-0.05, 0) is 90.6 Å². The molecular formula is C22H30BrN3O2. The quantitative estimate of drug-likeness (QED) is 0.706. The zero-order valence-electron chi connectivity index (χ0n) is 16.6. The topological polar surface area (TPSA) is 54.5 Å². The first kappa shape index (κ1) is 18.9. The molecule has 1 aromatic rings. The number of carbonyl (C=O) groups excluding carboxylic acids is 1. The Morgan fingerprint density at radius 3 is 2.39 bits per heavy atom. The number of nitrogens with zero attached hydrogens (tertiary/aromatic N) is 2. The van der Waals surface area contributed by atoms with Crippen LogP contribution in [0.2, 0.25) is 0 Å². The lowest BCUT2D eigenvalue weighted by Crippen LogP contribution is -2.58. The Bertz CT molecular complexity index is 719. The highest BCUT2D eigenvalue weighted by molar-refractivity contribution is 9.10. The van der Waals surface area contributed by atoms with E-state index in [1.165, 1.54) is 39.2 Å². The fourth-order valence-electron chi connectivity index (χ4n) is 6.67. The van der Waals surface area contributed by atoms with Crippen molar-refractivity contribution in [1.29, 1.82) is 0 Å². The van der Waals surface area contributed by atoms with Crippen LogP contribution in [0, 0.1) is 23.7 Å². The minimum atomic E-state index is -0.322. The third-order valence-corrected chi connectivity index (χ3v) is 8.12. The van der Waals surface area contributed by atoms with E-state index < -0.39 is 0 Å². The van der Waals surface area contributed by atoms with Crippen molar-refractivity contribution in [1.82, 2.24) is 10.3 Å². The van der Waals surface area contributed by atoms with Gasteiger partial charge in [-0.2, -0.15) is 0 Å². The number of nitrogens with one attached hydrogen (secondary N) is 1. The number of piperidine rings is 1. The minimum Gasteiger partial charge on any atom is -0.465 e. The Morgan fingerprint density at radius 2 is 1.79 bits per heavy atom. The number of methoxy groups -OCH3 is 1. The number of esters is 1. The zero-order valence-corrected chi connectivity index (χ0v) is 18.2. The molecule has 1 aromatic heterocycles. The maximum atomic E-state index is 12.2. The third kappa shape index (κ3) is 3.47. The maximum Gasteiger partial charge on any atom is 0.341 e. The number of hydrogen-bond acceptors (Lipinski definition) is 5. The lowest BCUT2D eigenvalue weighted by atomic mass is 9.54. The second-order valence-electron chi connectivity index (χ2n) is 9.40. The number of ether oxygens (including phenoxy) is 1. The van der Waals surface area contributed by atoms with Crippen molar-refractivity contribution < 1.29 is 9.53 Å². The molecule has 0 amide bonds. The number of rotatable bonds is 4. The first-order chi connectivity index (χ1) is 13.6. The Morgan fingerprint density at radius 1 is 1.14 bits per heavy atom. The molecule has 0 spiro atoms. The summed E-state index contributed by atoms with van der Waals surface area (Å²) in [4.78, 5) is 18.9. The van der Waals surface area contributed by atoms with Gasteiger partial charge in [0.05, 0.1) is 7.11 Å². The smallest absolute Gasteiger partial charge is 0.341 e. The van der Waals surface area contributed by atoms with E-state index in [0.717, 1.165) is 65.9 Å². The van der Waals surface area contributed by atoms with E-state index in [0.29, 0.717) is 11.6 Å². The Kier molecular flexibility index (Phi) is 5.12. The summed E-state index contributed by atoms with van der Waals surface area (Å²) in [7, 11) is 1.42. The molecule has 0 aromatic carbocycles. The molecule has 5 fully saturated rings. The van der Waals surface area contributed by atoms with E-state index in [-0.39, 0.29) is 5.97 Å². The molecule has 4 aliphatic carbocycles. The summed E-state index contributed by atoms with van der Waals surface area (Å²) in [5.74, 6) is 4.34. The van der Waals surface area contributed by atoms with Crippen molar-refractivity contribution in [2.24, 2.45) is 23.7 Å². The van der Waals surface area contributed by atoms with Gasteiger partial charge in [0, 0.05) is 35.8 Å². The highest BCUT2D eigenvalue weighted by Crippen LogP contribution is 2.53. The van der Waals surface area contributed by atoms with Crippen LogP contribution < -0.4 is 10.2 Å². The number of anilines is 1. The van der Waals surface area contributed by atoms with Crippen molar-refractivity contribution in [2.75, 3.05) is 25.1 Å². The summed E-state index contributed by atoms with van der Waals surface area (Å²) in [5, 5.41) is 4.08. The highest BCUT2D eigenvalue weighted by atomic mass is 79.9. The Balaban J connectivity index is 1.22. The van der Waals surface area contributed by atoms with E-state index >= 15 is 0 Å². The predicted molar refractivity (Wildman–Crippen MR) is 112 cm³/mol. The lowest BCUT2D eigenvalue weighted by molar-refractivity contribution is -0.0186. The summed E-state index contributed by atoms with van der Waals surface area (Å²) < 4.78 is 5.76. The standard InChI is InChI=1S/C22H30BrN3O2/c1-28-22(27)19-11-17(23)12-24-21(19)26-4-2-18(3-5-26)25-20-15-7-13-6-14(9-15)10-16(20)8-13/h11-16,18,20,25H,2-10H2,1H3. The molecular weight excluding hydrogens is 418 g/mol. The molecule has 0 unspecified atom stereocenters. The largest absolute Gasteiger partial charge is 0.465 e. The summed E-state index contributed by atoms with van der Waals surface area (Å²) in [6, 6.07) is 3.16. The van der Waals surface area contributed by atoms with Gasteiger partial charge in [-0.15, -0.1) is 0 Å². The van der Waals surface area contributed by atoms with Crippen molar-refractivity contribution in [3.63, 3.8) is 0 Å². The molecule has 1 aliphatic heterocycles. The summed E-state index contributed by atoms with van der Waals surface area (Å²) in [6.07, 6.45) is 11.4. The van der Waals surface area contributed by atoms with Gasteiger partial charge in [0.25, 0.3) is 0 Å². The molecule has 5 aliphatic rings. The number of aromatic nitrogens is 1. The molecule has 6 rings (SSSR count). The molecule has 28 heavy (non-hydrogen) atoms. The van der Waals surface area contributed by atoms with Gasteiger partial charge in [0.15, 0.2) is 0 Å². The van der Waals surface area contributed by atoms with Crippen LogP contribution in [0.5, 0.6) is 0 Å². The molecule has 152 valence electrons. The van der Waals surface area contributed by atoms with E-state index in [2.05, 4.69) is 31.1 Å². The summed E-state index contributed by atoms with van der Waals surface area (Å²) in [6.45, 7) is 1.87. The molecule has 5 nitrogen and oxygen atoms in total. The SMILES string of the molecule is COC(=O)c1cc(Br)cnc1N1CCC(NC2C3CC4CC(C3)CC2C4)CC1. The van der Waals surface area contributed by atoms with Crippen LogP contribution in [0.4, 0.5) is 5.82 Å². The monoisotopic (exact) mass is 447 g/mol. The van der Waals surface area contributed by atoms with Gasteiger partial charge in [0.1, 0.15) is 11.4 Å². The van der Waals surface area contributed by atoms with Crippen molar-refractivity contribution in [3.05, 3.63) is 22.3 Å². The average molecular weight is 448 g/mol. The van der Waals surface area contributed by atoms with Crippen LogP contribution >= 0.6 is 15.9 Å².